The lowest BCUT2D eigenvalue weighted by Crippen LogP contribution is -2.05. The molecule has 7 heteroatoms. The van der Waals surface area contributed by atoms with Crippen LogP contribution >= 0.6 is 23.2 Å². The first-order valence-electron chi connectivity index (χ1n) is 6.80. The van der Waals surface area contributed by atoms with Crippen LogP contribution in [-0.4, -0.2) is 17.3 Å². The molecule has 0 aliphatic heterocycles. The molecule has 2 rings (SSSR count). The van der Waals surface area contributed by atoms with Gasteiger partial charge in [-0.25, -0.2) is 0 Å². The SMILES string of the molecule is CCOc1ccc(C(=O)Cc2ccc(Cl)c(Cl)c2)cc1[N+](=O)[O-]. The molecule has 0 radical (unpaired) electrons. The number of hydrogen-bond donors (Lipinski definition) is 0. The van der Waals surface area contributed by atoms with Crippen LogP contribution in [0.4, 0.5) is 5.69 Å². The lowest BCUT2D eigenvalue weighted by Gasteiger charge is -2.07. The topological polar surface area (TPSA) is 69.4 Å². The Morgan fingerprint density at radius 1 is 1.17 bits per heavy atom. The highest BCUT2D eigenvalue weighted by Crippen LogP contribution is 2.29. The third kappa shape index (κ3) is 4.21. The number of ether oxygens (including phenoxy) is 1. The quantitative estimate of drug-likeness (QED) is 0.427. The van der Waals surface area contributed by atoms with E-state index in [1.54, 1.807) is 25.1 Å². The van der Waals surface area contributed by atoms with Crippen LogP contribution < -0.4 is 4.74 Å². The molecule has 0 saturated carbocycles. The molecule has 0 aliphatic rings. The van der Waals surface area contributed by atoms with Gasteiger partial charge in [-0.1, -0.05) is 29.3 Å². The number of Topliss-reactive ketones (excluding diaryl/α,β-unsaturated/α-hetero) is 1. The summed E-state index contributed by atoms with van der Waals surface area (Å²) >= 11 is 11.7. The number of hydrogen-bond acceptors (Lipinski definition) is 4. The first-order chi connectivity index (χ1) is 10.9. The maximum absolute atomic E-state index is 12.3. The number of nitrogens with zero attached hydrogens (tertiary/aromatic N) is 1. The summed E-state index contributed by atoms with van der Waals surface area (Å²) in [6, 6.07) is 9.07. The van der Waals surface area contributed by atoms with Crippen molar-refractivity contribution in [3.8, 4) is 5.75 Å². The highest BCUT2D eigenvalue weighted by atomic mass is 35.5. The highest BCUT2D eigenvalue weighted by molar-refractivity contribution is 6.42. The molecule has 0 heterocycles. The summed E-state index contributed by atoms with van der Waals surface area (Å²) in [5, 5.41) is 11.9. The van der Waals surface area contributed by atoms with Crippen molar-refractivity contribution in [2.75, 3.05) is 6.61 Å². The zero-order valence-corrected chi connectivity index (χ0v) is 13.7. The van der Waals surface area contributed by atoms with Gasteiger partial charge in [0, 0.05) is 18.1 Å². The monoisotopic (exact) mass is 353 g/mol. The van der Waals surface area contributed by atoms with Gasteiger partial charge in [-0.2, -0.15) is 0 Å². The van der Waals surface area contributed by atoms with Crippen molar-refractivity contribution in [2.45, 2.75) is 13.3 Å². The summed E-state index contributed by atoms with van der Waals surface area (Å²) in [7, 11) is 0. The maximum atomic E-state index is 12.3. The lowest BCUT2D eigenvalue weighted by molar-refractivity contribution is -0.385. The number of rotatable bonds is 6. The van der Waals surface area contributed by atoms with E-state index in [1.807, 2.05) is 0 Å². The first kappa shape index (κ1) is 17.2. The number of ketones is 1. The average Bonchev–Trinajstić information content (AvgIpc) is 2.51. The molecule has 2 aromatic rings. The molecule has 0 saturated heterocycles. The van der Waals surface area contributed by atoms with E-state index in [9.17, 15) is 14.9 Å². The standard InChI is InChI=1S/C16H13Cl2NO4/c1-2-23-16-6-4-11(9-14(16)19(21)22)15(20)8-10-3-5-12(17)13(18)7-10/h3-7,9H,2,8H2,1H3. The number of carbonyl (C=O) groups excluding carboxylic acids is 1. The maximum Gasteiger partial charge on any atom is 0.311 e. The highest BCUT2D eigenvalue weighted by Gasteiger charge is 2.19. The molecular weight excluding hydrogens is 341 g/mol. The molecule has 0 aliphatic carbocycles. The van der Waals surface area contributed by atoms with Gasteiger partial charge in [0.2, 0.25) is 0 Å². The van der Waals surface area contributed by atoms with Gasteiger partial charge in [-0.3, -0.25) is 14.9 Å². The molecule has 0 aromatic heterocycles. The molecule has 0 spiro atoms. The van der Waals surface area contributed by atoms with Crippen molar-refractivity contribution >= 4 is 34.7 Å². The minimum Gasteiger partial charge on any atom is -0.487 e. The average molecular weight is 354 g/mol. The van der Waals surface area contributed by atoms with Gasteiger partial charge >= 0.3 is 5.69 Å². The number of halogens is 2. The van der Waals surface area contributed by atoms with Crippen LogP contribution in [0.1, 0.15) is 22.8 Å². The third-order valence-electron chi connectivity index (χ3n) is 3.13. The van der Waals surface area contributed by atoms with Gasteiger partial charge in [0.15, 0.2) is 11.5 Å². The third-order valence-corrected chi connectivity index (χ3v) is 3.87. The molecule has 0 unspecified atom stereocenters. The second-order valence-corrected chi connectivity index (χ2v) is 5.54. The predicted molar refractivity (Wildman–Crippen MR) is 88.8 cm³/mol. The van der Waals surface area contributed by atoms with E-state index in [-0.39, 0.29) is 29.2 Å². The summed E-state index contributed by atoms with van der Waals surface area (Å²) in [5.41, 5.74) is 0.694. The van der Waals surface area contributed by atoms with Crippen molar-refractivity contribution in [2.24, 2.45) is 0 Å². The zero-order valence-electron chi connectivity index (χ0n) is 12.2. The van der Waals surface area contributed by atoms with Gasteiger partial charge in [0.05, 0.1) is 21.6 Å². The summed E-state index contributed by atoms with van der Waals surface area (Å²) in [6.45, 7) is 2.03. The number of benzene rings is 2. The van der Waals surface area contributed by atoms with Crippen LogP contribution in [0.2, 0.25) is 10.0 Å². The van der Waals surface area contributed by atoms with Crippen molar-refractivity contribution < 1.29 is 14.5 Å². The lowest BCUT2D eigenvalue weighted by atomic mass is 10.0. The van der Waals surface area contributed by atoms with Gasteiger partial charge < -0.3 is 4.74 Å². The molecule has 0 N–H and O–H groups in total. The number of nitro groups is 1. The molecule has 120 valence electrons. The van der Waals surface area contributed by atoms with Crippen LogP contribution in [0.25, 0.3) is 0 Å². The fraction of sp³-hybridized carbons (Fsp3) is 0.188. The van der Waals surface area contributed by atoms with Crippen molar-refractivity contribution in [3.63, 3.8) is 0 Å². The Morgan fingerprint density at radius 2 is 1.91 bits per heavy atom. The Balaban J connectivity index is 2.26. The summed E-state index contributed by atoms with van der Waals surface area (Å²) in [5.74, 6) is -0.113. The van der Waals surface area contributed by atoms with Gasteiger partial charge in [0.1, 0.15) is 0 Å². The van der Waals surface area contributed by atoms with E-state index in [1.165, 1.54) is 18.2 Å². The molecule has 0 fully saturated rings. The van der Waals surface area contributed by atoms with E-state index in [0.717, 1.165) is 0 Å². The Morgan fingerprint density at radius 3 is 2.52 bits per heavy atom. The Bertz CT molecular complexity index is 762. The van der Waals surface area contributed by atoms with Crippen LogP contribution in [0.5, 0.6) is 5.75 Å². The van der Waals surface area contributed by atoms with E-state index in [2.05, 4.69) is 0 Å². The fourth-order valence-corrected chi connectivity index (χ4v) is 2.37. The normalized spacial score (nSPS) is 10.4. The van der Waals surface area contributed by atoms with Crippen molar-refractivity contribution in [1.82, 2.24) is 0 Å². The Hall–Kier alpha value is -2.11. The molecule has 2 aromatic carbocycles. The number of nitro benzene ring substituents is 1. The minimum absolute atomic E-state index is 0.0715. The Kier molecular flexibility index (Phi) is 5.58. The van der Waals surface area contributed by atoms with E-state index < -0.39 is 4.92 Å². The van der Waals surface area contributed by atoms with Crippen LogP contribution in [0.15, 0.2) is 36.4 Å². The van der Waals surface area contributed by atoms with E-state index in [4.69, 9.17) is 27.9 Å². The van der Waals surface area contributed by atoms with Crippen LogP contribution in [0, 0.1) is 10.1 Å². The first-order valence-corrected chi connectivity index (χ1v) is 7.56. The second kappa shape index (κ2) is 7.44. The summed E-state index contributed by atoms with van der Waals surface area (Å²) in [6.07, 6.45) is 0.0715. The molecular formula is C16H13Cl2NO4. The summed E-state index contributed by atoms with van der Waals surface area (Å²) in [4.78, 5) is 22.8. The molecule has 0 atom stereocenters. The smallest absolute Gasteiger partial charge is 0.311 e. The predicted octanol–water partition coefficient (Wildman–Crippen LogP) is 4.73. The van der Waals surface area contributed by atoms with Gasteiger partial charge in [-0.15, -0.1) is 0 Å². The van der Waals surface area contributed by atoms with Crippen LogP contribution in [-0.2, 0) is 6.42 Å². The van der Waals surface area contributed by atoms with Crippen molar-refractivity contribution in [1.29, 1.82) is 0 Å². The zero-order chi connectivity index (χ0) is 17.0. The second-order valence-electron chi connectivity index (χ2n) is 4.72. The van der Waals surface area contributed by atoms with Gasteiger partial charge in [0.25, 0.3) is 0 Å². The molecule has 0 amide bonds. The molecule has 0 bridgehead atoms. The molecule has 5 nitrogen and oxygen atoms in total. The van der Waals surface area contributed by atoms with E-state index >= 15 is 0 Å². The molecule has 23 heavy (non-hydrogen) atoms. The van der Waals surface area contributed by atoms with Crippen LogP contribution in [0.3, 0.4) is 0 Å². The number of carbonyl (C=O) groups is 1. The van der Waals surface area contributed by atoms with Gasteiger partial charge in [-0.05, 0) is 36.8 Å². The van der Waals surface area contributed by atoms with E-state index in [0.29, 0.717) is 22.2 Å². The Labute approximate surface area is 142 Å². The summed E-state index contributed by atoms with van der Waals surface area (Å²) < 4.78 is 5.20. The fourth-order valence-electron chi connectivity index (χ4n) is 2.05. The van der Waals surface area contributed by atoms with Crippen molar-refractivity contribution in [3.05, 3.63) is 67.7 Å². The largest absolute Gasteiger partial charge is 0.487 e. The minimum atomic E-state index is -0.569.